The lowest BCUT2D eigenvalue weighted by Gasteiger charge is -2.36. The Morgan fingerprint density at radius 1 is 1.03 bits per heavy atom. The van der Waals surface area contributed by atoms with Crippen molar-refractivity contribution < 1.29 is 19.1 Å². The second-order valence-electron chi connectivity index (χ2n) is 8.11. The van der Waals surface area contributed by atoms with Gasteiger partial charge in [0.1, 0.15) is 6.61 Å². The van der Waals surface area contributed by atoms with Crippen LogP contribution in [0.4, 0.5) is 0 Å². The summed E-state index contributed by atoms with van der Waals surface area (Å²) in [5, 5.41) is 3.38. The number of carbonyl (C=O) groups excluding carboxylic acids is 2. The Balaban J connectivity index is 1.74. The number of esters is 1. The third kappa shape index (κ3) is 4.57. The Kier molecular flexibility index (Phi) is 6.92. The number of ether oxygens (including phenoxy) is 2. The van der Waals surface area contributed by atoms with Gasteiger partial charge >= 0.3 is 5.97 Å². The highest BCUT2D eigenvalue weighted by molar-refractivity contribution is 9.10. The Labute approximate surface area is 196 Å². The highest BCUT2D eigenvalue weighted by Crippen LogP contribution is 2.45. The fourth-order valence-corrected chi connectivity index (χ4v) is 4.82. The van der Waals surface area contributed by atoms with Crippen molar-refractivity contribution in [1.82, 2.24) is 5.32 Å². The molecule has 32 heavy (non-hydrogen) atoms. The predicted octanol–water partition coefficient (Wildman–Crippen LogP) is 5.00. The topological polar surface area (TPSA) is 64.6 Å². The molecular formula is C26H26BrNO4. The maximum Gasteiger partial charge on any atom is 0.336 e. The minimum absolute atomic E-state index is 0.0650. The number of carbonyl (C=O) groups is 2. The van der Waals surface area contributed by atoms with Crippen LogP contribution in [0, 0.1) is 0 Å². The number of hydrogen-bond donors (Lipinski definition) is 1. The summed E-state index contributed by atoms with van der Waals surface area (Å²) in [6.07, 6.45) is 1.14. The Hall–Kier alpha value is -2.70. The molecule has 1 aliphatic carbocycles. The van der Waals surface area contributed by atoms with E-state index in [9.17, 15) is 9.59 Å². The Bertz CT molecular complexity index is 1070. The largest absolute Gasteiger partial charge is 0.460 e. The summed E-state index contributed by atoms with van der Waals surface area (Å²) in [5.41, 5.74) is 4.82. The number of hydrogen-bond acceptors (Lipinski definition) is 5. The summed E-state index contributed by atoms with van der Waals surface area (Å²) in [4.78, 5) is 26.6. The van der Waals surface area contributed by atoms with E-state index in [2.05, 4.69) is 33.4 Å². The highest BCUT2D eigenvalue weighted by atomic mass is 79.9. The summed E-state index contributed by atoms with van der Waals surface area (Å²) in [6.45, 7) is 2.36. The highest BCUT2D eigenvalue weighted by Gasteiger charge is 2.41. The number of rotatable bonds is 6. The summed E-state index contributed by atoms with van der Waals surface area (Å²) in [7, 11) is 1.56. The van der Waals surface area contributed by atoms with Crippen LogP contribution in [0.15, 0.2) is 81.6 Å². The van der Waals surface area contributed by atoms with Gasteiger partial charge < -0.3 is 14.8 Å². The van der Waals surface area contributed by atoms with Gasteiger partial charge in [-0.1, -0.05) is 58.4 Å². The van der Waals surface area contributed by atoms with Gasteiger partial charge in [0.05, 0.1) is 12.2 Å². The number of halogens is 1. The quantitative estimate of drug-likeness (QED) is 0.451. The molecule has 2 aromatic rings. The van der Waals surface area contributed by atoms with Gasteiger partial charge in [0, 0.05) is 40.9 Å². The molecule has 1 aliphatic heterocycles. The Morgan fingerprint density at radius 2 is 1.75 bits per heavy atom. The summed E-state index contributed by atoms with van der Waals surface area (Å²) in [5.74, 6) is -0.707. The van der Waals surface area contributed by atoms with E-state index in [0.29, 0.717) is 24.2 Å². The first-order valence-corrected chi connectivity index (χ1v) is 11.5. The third-order valence-electron chi connectivity index (χ3n) is 6.04. The van der Waals surface area contributed by atoms with Crippen molar-refractivity contribution in [2.24, 2.45) is 0 Å². The molecule has 0 aromatic heterocycles. The monoisotopic (exact) mass is 495 g/mol. The molecule has 0 bridgehead atoms. The zero-order valence-electron chi connectivity index (χ0n) is 18.2. The molecule has 4 rings (SSSR count). The first-order valence-electron chi connectivity index (χ1n) is 10.7. The molecule has 0 fully saturated rings. The van der Waals surface area contributed by atoms with Crippen molar-refractivity contribution in [3.63, 3.8) is 0 Å². The van der Waals surface area contributed by atoms with E-state index in [1.54, 1.807) is 7.11 Å². The van der Waals surface area contributed by atoms with Crippen molar-refractivity contribution >= 4 is 27.7 Å². The van der Waals surface area contributed by atoms with Crippen LogP contribution in [0.25, 0.3) is 0 Å². The van der Waals surface area contributed by atoms with Crippen LogP contribution in [0.5, 0.6) is 0 Å². The van der Waals surface area contributed by atoms with Crippen molar-refractivity contribution in [1.29, 1.82) is 0 Å². The molecular weight excluding hydrogens is 470 g/mol. The van der Waals surface area contributed by atoms with Gasteiger partial charge in [-0.2, -0.15) is 0 Å². The van der Waals surface area contributed by atoms with E-state index in [1.807, 2.05) is 49.4 Å². The molecule has 2 unspecified atom stereocenters. The van der Waals surface area contributed by atoms with Crippen molar-refractivity contribution in [3.05, 3.63) is 92.7 Å². The number of dihydropyridines is 1. The number of allylic oxidation sites excluding steroid dienone is 3. The standard InChI is InChI=1S/C26H26BrNO4/c1-16-23(26(30)32-13-12-31-2)24(18-8-10-20(27)11-9-18)25-21(28-16)14-19(15-22(25)29)17-6-4-3-5-7-17/h3-11,19,24,28H,12-15H2,1-2H3. The summed E-state index contributed by atoms with van der Waals surface area (Å²) < 4.78 is 11.4. The molecule has 0 saturated carbocycles. The zero-order valence-corrected chi connectivity index (χ0v) is 19.8. The minimum Gasteiger partial charge on any atom is -0.460 e. The number of ketones is 1. The van der Waals surface area contributed by atoms with E-state index >= 15 is 0 Å². The van der Waals surface area contributed by atoms with Crippen molar-refractivity contribution in [3.8, 4) is 0 Å². The molecule has 2 aromatic carbocycles. The van der Waals surface area contributed by atoms with E-state index < -0.39 is 11.9 Å². The number of methoxy groups -OCH3 is 1. The van der Waals surface area contributed by atoms with Gasteiger partial charge in [-0.25, -0.2) is 4.79 Å². The van der Waals surface area contributed by atoms with Gasteiger partial charge in [0.15, 0.2) is 5.78 Å². The molecule has 1 N–H and O–H groups in total. The predicted molar refractivity (Wildman–Crippen MR) is 126 cm³/mol. The molecule has 0 saturated heterocycles. The molecule has 5 nitrogen and oxygen atoms in total. The zero-order chi connectivity index (χ0) is 22.7. The number of nitrogens with one attached hydrogen (secondary N) is 1. The fourth-order valence-electron chi connectivity index (χ4n) is 4.55. The lowest BCUT2D eigenvalue weighted by atomic mass is 9.72. The van der Waals surface area contributed by atoms with Crippen molar-refractivity contribution in [2.75, 3.05) is 20.3 Å². The van der Waals surface area contributed by atoms with Crippen LogP contribution in [0.2, 0.25) is 0 Å². The van der Waals surface area contributed by atoms with E-state index in [0.717, 1.165) is 33.4 Å². The van der Waals surface area contributed by atoms with Gasteiger partial charge in [-0.15, -0.1) is 0 Å². The molecule has 166 valence electrons. The van der Waals surface area contributed by atoms with E-state index in [-0.39, 0.29) is 18.3 Å². The lowest BCUT2D eigenvalue weighted by Crippen LogP contribution is -2.36. The molecule has 0 radical (unpaired) electrons. The lowest BCUT2D eigenvalue weighted by molar-refractivity contribution is -0.140. The Morgan fingerprint density at radius 3 is 2.44 bits per heavy atom. The maximum atomic E-state index is 13.5. The van der Waals surface area contributed by atoms with Crippen LogP contribution < -0.4 is 5.32 Å². The number of Topliss-reactive ketones (excluding diaryl/α,β-unsaturated/α-hetero) is 1. The maximum absolute atomic E-state index is 13.5. The summed E-state index contributed by atoms with van der Waals surface area (Å²) in [6, 6.07) is 17.9. The SMILES string of the molecule is COCCOC(=O)C1=C(C)NC2=C(C(=O)CC(c3ccccc3)C2)C1c1ccc(Br)cc1. The summed E-state index contributed by atoms with van der Waals surface area (Å²) >= 11 is 3.47. The molecule has 0 spiro atoms. The normalized spacial score (nSPS) is 20.7. The fraction of sp³-hybridized carbons (Fsp3) is 0.308. The average molecular weight is 496 g/mol. The van der Waals surface area contributed by atoms with Crippen LogP contribution in [-0.2, 0) is 19.1 Å². The minimum atomic E-state index is -0.460. The average Bonchev–Trinajstić information content (AvgIpc) is 2.79. The third-order valence-corrected chi connectivity index (χ3v) is 6.57. The first kappa shape index (κ1) is 22.5. The molecule has 1 heterocycles. The van der Waals surface area contributed by atoms with E-state index in [1.165, 1.54) is 0 Å². The molecule has 6 heteroatoms. The van der Waals surface area contributed by atoms with Crippen LogP contribution in [0.1, 0.15) is 42.7 Å². The van der Waals surface area contributed by atoms with Gasteiger partial charge in [0.25, 0.3) is 0 Å². The smallest absolute Gasteiger partial charge is 0.336 e. The molecule has 0 amide bonds. The van der Waals surface area contributed by atoms with Gasteiger partial charge in [0.2, 0.25) is 0 Å². The van der Waals surface area contributed by atoms with Gasteiger partial charge in [-0.3, -0.25) is 4.79 Å². The number of benzene rings is 2. The second-order valence-corrected chi connectivity index (χ2v) is 9.02. The molecule has 2 atom stereocenters. The van der Waals surface area contributed by atoms with Crippen molar-refractivity contribution in [2.45, 2.75) is 31.6 Å². The van der Waals surface area contributed by atoms with Crippen LogP contribution in [0.3, 0.4) is 0 Å². The van der Waals surface area contributed by atoms with Crippen LogP contribution >= 0.6 is 15.9 Å². The molecule has 2 aliphatic rings. The van der Waals surface area contributed by atoms with Crippen LogP contribution in [-0.4, -0.2) is 32.1 Å². The van der Waals surface area contributed by atoms with Gasteiger partial charge in [-0.05, 0) is 42.5 Å². The van der Waals surface area contributed by atoms with E-state index in [4.69, 9.17) is 9.47 Å². The first-order chi connectivity index (χ1) is 15.5. The second kappa shape index (κ2) is 9.84.